The SMILES string of the molecule is C=O.CC(=O)O.O=C=O. The minimum atomic E-state index is -0.833. The highest BCUT2D eigenvalue weighted by atomic mass is 16.4. The van der Waals surface area contributed by atoms with Crippen LogP contribution in [0.15, 0.2) is 0 Å². The zero-order valence-electron chi connectivity index (χ0n) is 4.79. The number of hydrogen-bond donors (Lipinski definition) is 1. The first-order valence-corrected chi connectivity index (χ1v) is 1.62. The molecule has 0 aromatic carbocycles. The summed E-state index contributed by atoms with van der Waals surface area (Å²) in [5, 5.41) is 7.42. The quantitative estimate of drug-likeness (QED) is 0.474. The third kappa shape index (κ3) is 60.8. The second kappa shape index (κ2) is 31.3. The maximum Gasteiger partial charge on any atom is 0.373 e. The molecule has 0 saturated carbocycles. The summed E-state index contributed by atoms with van der Waals surface area (Å²) < 4.78 is 0. The summed E-state index contributed by atoms with van der Waals surface area (Å²) in [6.45, 7) is 3.08. The summed E-state index contributed by atoms with van der Waals surface area (Å²) in [6.07, 6.45) is 0.250. The highest BCUT2D eigenvalue weighted by molar-refractivity contribution is 5.62. The van der Waals surface area contributed by atoms with Crippen molar-refractivity contribution in [2.45, 2.75) is 6.92 Å². The molecule has 0 atom stereocenters. The Morgan fingerprint density at radius 3 is 1.44 bits per heavy atom. The topological polar surface area (TPSA) is 88.5 Å². The van der Waals surface area contributed by atoms with E-state index in [4.69, 9.17) is 24.3 Å². The van der Waals surface area contributed by atoms with Gasteiger partial charge in [0, 0.05) is 6.92 Å². The Hall–Kier alpha value is -1.48. The van der Waals surface area contributed by atoms with E-state index in [1.165, 1.54) is 0 Å². The largest absolute Gasteiger partial charge is 0.481 e. The smallest absolute Gasteiger partial charge is 0.373 e. The first-order valence-electron chi connectivity index (χ1n) is 1.62. The predicted octanol–water partition coefficient (Wildman–Crippen LogP) is -0.678. The number of carboxylic acids is 1. The molecule has 0 rings (SSSR count). The average molecular weight is 134 g/mol. The molecule has 52 valence electrons. The van der Waals surface area contributed by atoms with Gasteiger partial charge in [0.05, 0.1) is 0 Å². The molecule has 0 saturated heterocycles. The standard InChI is InChI=1S/C2H4O2.CO2.CH2O/c1-2(3)4;2-1-3;1-2/h1H3,(H,3,4);;1H2. The van der Waals surface area contributed by atoms with E-state index in [-0.39, 0.29) is 6.15 Å². The summed E-state index contributed by atoms with van der Waals surface area (Å²) in [4.78, 5) is 33.2. The number of rotatable bonds is 0. The van der Waals surface area contributed by atoms with Gasteiger partial charge in [-0.2, -0.15) is 9.59 Å². The molecule has 0 aromatic heterocycles. The summed E-state index contributed by atoms with van der Waals surface area (Å²) in [6, 6.07) is 0. The van der Waals surface area contributed by atoms with Crippen LogP contribution in [-0.2, 0) is 19.2 Å². The van der Waals surface area contributed by atoms with Crippen LogP contribution in [-0.4, -0.2) is 24.0 Å². The van der Waals surface area contributed by atoms with Gasteiger partial charge >= 0.3 is 6.15 Å². The number of carboxylic acid groups (broad SMARTS) is 1. The van der Waals surface area contributed by atoms with Crippen molar-refractivity contribution in [2.75, 3.05) is 0 Å². The van der Waals surface area contributed by atoms with E-state index >= 15 is 0 Å². The van der Waals surface area contributed by atoms with Gasteiger partial charge in [0.2, 0.25) is 0 Å². The molecule has 0 bridgehead atoms. The first-order chi connectivity index (χ1) is 4.15. The molecule has 9 heavy (non-hydrogen) atoms. The molecular formula is C4H6O5. The van der Waals surface area contributed by atoms with E-state index in [9.17, 15) is 0 Å². The molecule has 0 aromatic rings. The molecular weight excluding hydrogens is 128 g/mol. The lowest BCUT2D eigenvalue weighted by Crippen LogP contribution is -1.78. The molecule has 0 unspecified atom stereocenters. The van der Waals surface area contributed by atoms with Crippen LogP contribution in [0.5, 0.6) is 0 Å². The summed E-state index contributed by atoms with van der Waals surface area (Å²) in [5.74, 6) is -0.833. The summed E-state index contributed by atoms with van der Waals surface area (Å²) >= 11 is 0. The van der Waals surface area contributed by atoms with Gasteiger partial charge in [-0.3, -0.25) is 4.79 Å². The Morgan fingerprint density at radius 1 is 1.44 bits per heavy atom. The highest BCUT2D eigenvalue weighted by Gasteiger charge is 1.65. The Balaban J connectivity index is -0.0000000646. The minimum Gasteiger partial charge on any atom is -0.481 e. The van der Waals surface area contributed by atoms with Crippen LogP contribution in [0.25, 0.3) is 0 Å². The molecule has 0 fully saturated rings. The van der Waals surface area contributed by atoms with Crippen molar-refractivity contribution in [1.29, 1.82) is 0 Å². The Morgan fingerprint density at radius 2 is 1.44 bits per heavy atom. The van der Waals surface area contributed by atoms with Crippen molar-refractivity contribution in [1.82, 2.24) is 0 Å². The summed E-state index contributed by atoms with van der Waals surface area (Å²) in [7, 11) is 0. The number of hydrogen-bond acceptors (Lipinski definition) is 4. The maximum absolute atomic E-state index is 9.00. The zero-order chi connectivity index (χ0) is 8.28. The number of carbonyl (C=O) groups is 2. The molecule has 0 aliphatic rings. The number of aliphatic carboxylic acids is 1. The fourth-order valence-corrected chi connectivity index (χ4v) is 0. The lowest BCUT2D eigenvalue weighted by molar-refractivity contribution is -0.191. The minimum absolute atomic E-state index is 0.250. The van der Waals surface area contributed by atoms with Gasteiger partial charge in [-0.05, 0) is 0 Å². The van der Waals surface area contributed by atoms with Gasteiger partial charge in [0.25, 0.3) is 5.97 Å². The third-order valence-electron chi connectivity index (χ3n) is 0. The van der Waals surface area contributed by atoms with Gasteiger partial charge in [-0.15, -0.1) is 0 Å². The maximum atomic E-state index is 9.00. The first kappa shape index (κ1) is 15.6. The van der Waals surface area contributed by atoms with Crippen molar-refractivity contribution in [3.63, 3.8) is 0 Å². The van der Waals surface area contributed by atoms with Crippen molar-refractivity contribution in [3.8, 4) is 0 Å². The van der Waals surface area contributed by atoms with Crippen LogP contribution >= 0.6 is 0 Å². The molecule has 1 N–H and O–H groups in total. The Bertz CT molecular complexity index is 87.1. The van der Waals surface area contributed by atoms with Gasteiger partial charge in [-0.1, -0.05) is 0 Å². The predicted molar refractivity (Wildman–Crippen MR) is 25.4 cm³/mol. The van der Waals surface area contributed by atoms with Gasteiger partial charge in [0.1, 0.15) is 6.79 Å². The second-order valence-electron chi connectivity index (χ2n) is 0.602. The third-order valence-corrected chi connectivity index (χ3v) is 0. The van der Waals surface area contributed by atoms with E-state index in [2.05, 4.69) is 0 Å². The van der Waals surface area contributed by atoms with Gasteiger partial charge < -0.3 is 9.90 Å². The lowest BCUT2D eigenvalue weighted by atomic mass is 10.9. The van der Waals surface area contributed by atoms with E-state index in [1.807, 2.05) is 6.79 Å². The molecule has 0 radical (unpaired) electrons. The number of carbonyl (C=O) groups excluding carboxylic acids is 3. The lowest BCUT2D eigenvalue weighted by Gasteiger charge is -1.59. The monoisotopic (exact) mass is 134 g/mol. The second-order valence-corrected chi connectivity index (χ2v) is 0.602. The molecule has 0 aliphatic heterocycles. The van der Waals surface area contributed by atoms with E-state index in [0.29, 0.717) is 0 Å². The van der Waals surface area contributed by atoms with Crippen molar-refractivity contribution >= 4 is 18.9 Å². The Kier molecular flexibility index (Phi) is 54.4. The fourth-order valence-electron chi connectivity index (χ4n) is 0. The van der Waals surface area contributed by atoms with Crippen LogP contribution in [0.4, 0.5) is 0 Å². The van der Waals surface area contributed by atoms with Crippen molar-refractivity contribution in [3.05, 3.63) is 0 Å². The zero-order valence-corrected chi connectivity index (χ0v) is 4.79. The molecule has 0 aliphatic carbocycles. The molecule has 0 amide bonds. The summed E-state index contributed by atoms with van der Waals surface area (Å²) in [5.41, 5.74) is 0. The highest BCUT2D eigenvalue weighted by Crippen LogP contribution is 1.42. The van der Waals surface area contributed by atoms with Crippen LogP contribution < -0.4 is 0 Å². The molecule has 0 heterocycles. The molecule has 5 nitrogen and oxygen atoms in total. The van der Waals surface area contributed by atoms with Crippen molar-refractivity contribution in [2.24, 2.45) is 0 Å². The normalized spacial score (nSPS) is 4.11. The van der Waals surface area contributed by atoms with Crippen molar-refractivity contribution < 1.29 is 24.3 Å². The van der Waals surface area contributed by atoms with Crippen LogP contribution in [0, 0.1) is 0 Å². The molecule has 0 spiro atoms. The van der Waals surface area contributed by atoms with E-state index < -0.39 is 5.97 Å². The average Bonchev–Trinajstić information content (AvgIpc) is 1.71. The fraction of sp³-hybridized carbons (Fsp3) is 0.250. The van der Waals surface area contributed by atoms with Gasteiger partial charge in [0.15, 0.2) is 0 Å². The van der Waals surface area contributed by atoms with Crippen LogP contribution in [0.1, 0.15) is 6.92 Å². The Labute approximate surface area is 51.3 Å². The van der Waals surface area contributed by atoms with E-state index in [1.54, 1.807) is 0 Å². The van der Waals surface area contributed by atoms with E-state index in [0.717, 1.165) is 6.92 Å². The van der Waals surface area contributed by atoms with Crippen LogP contribution in [0.2, 0.25) is 0 Å². The van der Waals surface area contributed by atoms with Gasteiger partial charge in [-0.25, -0.2) is 0 Å². The molecule has 5 heteroatoms. The van der Waals surface area contributed by atoms with Crippen LogP contribution in [0.3, 0.4) is 0 Å².